The number of rotatable bonds is 3. The van der Waals surface area contributed by atoms with E-state index in [1.807, 2.05) is 42.3 Å². The number of benzene rings is 1. The topological polar surface area (TPSA) is 56.8 Å². The minimum absolute atomic E-state index is 0.0220. The van der Waals surface area contributed by atoms with E-state index in [1.54, 1.807) is 6.20 Å². The van der Waals surface area contributed by atoms with Gasteiger partial charge in [0.15, 0.2) is 0 Å². The standard InChI is InChI=1S/C18H22N4O2/c1-14(23)22(13-17(24)21-11-9-20(2)10-12-21)16-7-3-5-15-6-4-8-19-18(15)16/h3-8H,9-13H2,1-2H3. The summed E-state index contributed by atoms with van der Waals surface area (Å²) in [4.78, 5) is 34.7. The number of pyridine rings is 1. The summed E-state index contributed by atoms with van der Waals surface area (Å²) >= 11 is 0. The molecule has 2 amide bonds. The molecular weight excluding hydrogens is 304 g/mol. The lowest BCUT2D eigenvalue weighted by atomic mass is 10.1. The molecule has 0 radical (unpaired) electrons. The van der Waals surface area contributed by atoms with Crippen molar-refractivity contribution < 1.29 is 9.59 Å². The summed E-state index contributed by atoms with van der Waals surface area (Å²) in [5, 5.41) is 0.952. The molecule has 6 heteroatoms. The zero-order chi connectivity index (χ0) is 17.1. The van der Waals surface area contributed by atoms with Gasteiger partial charge in [0.2, 0.25) is 11.8 Å². The van der Waals surface area contributed by atoms with E-state index in [2.05, 4.69) is 9.88 Å². The third-order valence-electron chi connectivity index (χ3n) is 4.43. The highest BCUT2D eigenvalue weighted by molar-refractivity contribution is 6.04. The van der Waals surface area contributed by atoms with Gasteiger partial charge in [-0.3, -0.25) is 14.6 Å². The van der Waals surface area contributed by atoms with Crippen molar-refractivity contribution in [3.05, 3.63) is 36.5 Å². The summed E-state index contributed by atoms with van der Waals surface area (Å²) in [6.45, 7) is 4.67. The zero-order valence-electron chi connectivity index (χ0n) is 14.1. The SMILES string of the molecule is CC(=O)N(CC(=O)N1CCN(C)CC1)c1cccc2cccnc12. The van der Waals surface area contributed by atoms with Crippen molar-refractivity contribution in [3.8, 4) is 0 Å². The van der Waals surface area contributed by atoms with E-state index in [0.29, 0.717) is 18.8 Å². The van der Waals surface area contributed by atoms with Crippen molar-refractivity contribution in [1.29, 1.82) is 0 Å². The molecule has 1 aliphatic heterocycles. The fraction of sp³-hybridized carbons (Fsp3) is 0.389. The third kappa shape index (κ3) is 3.38. The molecular formula is C18H22N4O2. The number of amides is 2. The fourth-order valence-corrected chi connectivity index (χ4v) is 2.96. The quantitative estimate of drug-likeness (QED) is 0.855. The number of para-hydroxylation sites is 1. The van der Waals surface area contributed by atoms with E-state index >= 15 is 0 Å². The van der Waals surface area contributed by atoms with Crippen LogP contribution in [0.2, 0.25) is 0 Å². The number of anilines is 1. The van der Waals surface area contributed by atoms with Crippen LogP contribution in [0.15, 0.2) is 36.5 Å². The van der Waals surface area contributed by atoms with Gasteiger partial charge in [-0.1, -0.05) is 18.2 Å². The van der Waals surface area contributed by atoms with Crippen molar-refractivity contribution in [2.75, 3.05) is 44.7 Å². The first-order valence-corrected chi connectivity index (χ1v) is 8.14. The molecule has 0 saturated carbocycles. The minimum atomic E-state index is -0.157. The second-order valence-electron chi connectivity index (χ2n) is 6.14. The number of nitrogens with zero attached hydrogens (tertiary/aromatic N) is 4. The number of piperazine rings is 1. The largest absolute Gasteiger partial charge is 0.339 e. The van der Waals surface area contributed by atoms with Gasteiger partial charge in [0.05, 0.1) is 11.2 Å². The highest BCUT2D eigenvalue weighted by Crippen LogP contribution is 2.25. The Kier molecular flexibility index (Phi) is 4.76. The van der Waals surface area contributed by atoms with Crippen LogP contribution in [0.5, 0.6) is 0 Å². The van der Waals surface area contributed by atoms with Gasteiger partial charge in [-0.2, -0.15) is 0 Å². The Morgan fingerprint density at radius 2 is 1.83 bits per heavy atom. The van der Waals surface area contributed by atoms with Gasteiger partial charge < -0.3 is 14.7 Å². The number of hydrogen-bond acceptors (Lipinski definition) is 4. The molecule has 24 heavy (non-hydrogen) atoms. The van der Waals surface area contributed by atoms with Crippen LogP contribution in [0.4, 0.5) is 5.69 Å². The van der Waals surface area contributed by atoms with Crippen LogP contribution in [-0.4, -0.2) is 66.4 Å². The number of carbonyl (C=O) groups excluding carboxylic acids is 2. The molecule has 6 nitrogen and oxygen atoms in total. The summed E-state index contributed by atoms with van der Waals surface area (Å²) in [6.07, 6.45) is 1.70. The van der Waals surface area contributed by atoms with Gasteiger partial charge in [0.25, 0.3) is 0 Å². The number of likely N-dealkylation sites (N-methyl/N-ethyl adjacent to an activating group) is 1. The highest BCUT2D eigenvalue weighted by atomic mass is 16.2. The van der Waals surface area contributed by atoms with E-state index in [9.17, 15) is 9.59 Å². The van der Waals surface area contributed by atoms with Crippen molar-refractivity contribution in [2.45, 2.75) is 6.92 Å². The summed E-state index contributed by atoms with van der Waals surface area (Å²) < 4.78 is 0. The molecule has 0 unspecified atom stereocenters. The van der Waals surface area contributed by atoms with Gasteiger partial charge in [-0.15, -0.1) is 0 Å². The van der Waals surface area contributed by atoms with Crippen molar-refractivity contribution in [2.24, 2.45) is 0 Å². The van der Waals surface area contributed by atoms with Gasteiger partial charge in [0, 0.05) is 44.7 Å². The van der Waals surface area contributed by atoms with Crippen molar-refractivity contribution in [3.63, 3.8) is 0 Å². The van der Waals surface area contributed by atoms with E-state index in [4.69, 9.17) is 0 Å². The Hall–Kier alpha value is -2.47. The predicted molar refractivity (Wildman–Crippen MR) is 93.8 cm³/mol. The Morgan fingerprint density at radius 3 is 2.54 bits per heavy atom. The molecule has 1 fully saturated rings. The van der Waals surface area contributed by atoms with E-state index < -0.39 is 0 Å². The van der Waals surface area contributed by atoms with Crippen LogP contribution in [0.1, 0.15) is 6.92 Å². The van der Waals surface area contributed by atoms with Crippen LogP contribution < -0.4 is 4.90 Å². The second kappa shape index (κ2) is 6.97. The molecule has 1 aromatic carbocycles. The van der Waals surface area contributed by atoms with E-state index in [-0.39, 0.29) is 18.4 Å². The smallest absolute Gasteiger partial charge is 0.242 e. The number of carbonyl (C=O) groups is 2. The molecule has 1 saturated heterocycles. The van der Waals surface area contributed by atoms with Crippen LogP contribution in [0, 0.1) is 0 Å². The molecule has 2 aromatic rings. The van der Waals surface area contributed by atoms with Gasteiger partial charge in [-0.25, -0.2) is 0 Å². The van der Waals surface area contributed by atoms with Crippen molar-refractivity contribution in [1.82, 2.24) is 14.8 Å². The first kappa shape index (κ1) is 16.4. The Bertz CT molecular complexity index is 748. The molecule has 1 aliphatic rings. The molecule has 0 aliphatic carbocycles. The first-order valence-electron chi connectivity index (χ1n) is 8.14. The molecule has 1 aromatic heterocycles. The van der Waals surface area contributed by atoms with Gasteiger partial charge in [-0.05, 0) is 19.2 Å². The lowest BCUT2D eigenvalue weighted by Crippen LogP contribution is -2.50. The summed E-state index contributed by atoms with van der Waals surface area (Å²) in [6, 6.07) is 9.49. The van der Waals surface area contributed by atoms with Crippen LogP contribution in [0.25, 0.3) is 10.9 Å². The molecule has 0 bridgehead atoms. The monoisotopic (exact) mass is 326 g/mol. The maximum atomic E-state index is 12.6. The normalized spacial score (nSPS) is 15.5. The Morgan fingerprint density at radius 1 is 1.12 bits per heavy atom. The number of aromatic nitrogens is 1. The van der Waals surface area contributed by atoms with Crippen LogP contribution in [0.3, 0.4) is 0 Å². The number of hydrogen-bond donors (Lipinski definition) is 0. The predicted octanol–water partition coefficient (Wildman–Crippen LogP) is 1.36. The lowest BCUT2D eigenvalue weighted by Gasteiger charge is -2.34. The average molecular weight is 326 g/mol. The molecule has 0 spiro atoms. The summed E-state index contributed by atoms with van der Waals surface area (Å²) in [5.41, 5.74) is 1.42. The molecule has 126 valence electrons. The average Bonchev–Trinajstić information content (AvgIpc) is 2.59. The van der Waals surface area contributed by atoms with Crippen molar-refractivity contribution >= 4 is 28.4 Å². The summed E-state index contributed by atoms with van der Waals surface area (Å²) in [7, 11) is 2.05. The zero-order valence-corrected chi connectivity index (χ0v) is 14.1. The fourth-order valence-electron chi connectivity index (χ4n) is 2.96. The first-order chi connectivity index (χ1) is 11.6. The third-order valence-corrected chi connectivity index (χ3v) is 4.43. The van der Waals surface area contributed by atoms with Gasteiger partial charge in [0.1, 0.15) is 6.54 Å². The lowest BCUT2D eigenvalue weighted by molar-refractivity contribution is -0.132. The summed E-state index contributed by atoms with van der Waals surface area (Å²) in [5.74, 6) is -0.179. The maximum Gasteiger partial charge on any atom is 0.242 e. The maximum absolute atomic E-state index is 12.6. The Labute approximate surface area is 141 Å². The molecule has 2 heterocycles. The van der Waals surface area contributed by atoms with Crippen LogP contribution >= 0.6 is 0 Å². The molecule has 0 atom stereocenters. The number of fused-ring (bicyclic) bond motifs is 1. The minimum Gasteiger partial charge on any atom is -0.339 e. The van der Waals surface area contributed by atoms with E-state index in [1.165, 1.54) is 11.8 Å². The van der Waals surface area contributed by atoms with E-state index in [0.717, 1.165) is 24.0 Å². The highest BCUT2D eigenvalue weighted by Gasteiger charge is 2.24. The second-order valence-corrected chi connectivity index (χ2v) is 6.14. The molecule has 0 N–H and O–H groups in total. The Balaban J connectivity index is 1.84. The van der Waals surface area contributed by atoms with Gasteiger partial charge >= 0.3 is 0 Å². The van der Waals surface area contributed by atoms with Crippen LogP contribution in [-0.2, 0) is 9.59 Å². The molecule has 3 rings (SSSR count).